The van der Waals surface area contributed by atoms with E-state index in [1.807, 2.05) is 75.4 Å². The van der Waals surface area contributed by atoms with Crippen LogP contribution in [0.1, 0.15) is 122 Å². The van der Waals surface area contributed by atoms with E-state index < -0.39 is 56.5 Å². The lowest BCUT2D eigenvalue weighted by Gasteiger charge is -2.29. The third-order valence-corrected chi connectivity index (χ3v) is 24.8. The number of hydrogen-bond donors (Lipinski definition) is 2. The molecule has 15 nitrogen and oxygen atoms in total. The summed E-state index contributed by atoms with van der Waals surface area (Å²) in [4.78, 5) is 1.08. The van der Waals surface area contributed by atoms with Crippen molar-refractivity contribution in [3.63, 3.8) is 0 Å². The molecule has 526 valence electrons. The highest BCUT2D eigenvalue weighted by Gasteiger charge is 2.30. The van der Waals surface area contributed by atoms with Crippen LogP contribution in [0.5, 0.6) is 34.5 Å². The highest BCUT2D eigenvalue weighted by atomic mass is 32.2. The minimum atomic E-state index is -4.20. The number of allylic oxidation sites excluding steroid dienone is 2. The fourth-order valence-corrected chi connectivity index (χ4v) is 17.4. The van der Waals surface area contributed by atoms with Gasteiger partial charge in [-0.3, -0.25) is 9.11 Å². The molecule has 0 amide bonds. The molecule has 0 aromatic heterocycles. The van der Waals surface area contributed by atoms with Crippen molar-refractivity contribution in [1.29, 1.82) is 0 Å². The average molecular weight is 1460 g/mol. The molecule has 99 heavy (non-hydrogen) atoms. The van der Waals surface area contributed by atoms with E-state index in [-0.39, 0.29) is 37.5 Å². The van der Waals surface area contributed by atoms with Crippen molar-refractivity contribution in [2.45, 2.75) is 131 Å². The first-order valence-electron chi connectivity index (χ1n) is 32.4. The molecular formula is C78H88O15S6. The van der Waals surface area contributed by atoms with Gasteiger partial charge in [0, 0.05) is 38.4 Å². The van der Waals surface area contributed by atoms with E-state index in [4.69, 9.17) is 23.7 Å². The zero-order valence-electron chi connectivity index (χ0n) is 57.7. The predicted molar refractivity (Wildman–Crippen MR) is 400 cm³/mol. The number of rotatable bonds is 35. The number of aryl methyl sites for hydroxylation is 4. The molecule has 21 heteroatoms. The lowest BCUT2D eigenvalue weighted by Crippen LogP contribution is -2.20. The monoisotopic (exact) mass is 1460 g/mol. The van der Waals surface area contributed by atoms with Crippen molar-refractivity contribution in [3.05, 3.63) is 244 Å². The number of sulfone groups is 2. The highest BCUT2D eigenvalue weighted by molar-refractivity contribution is 8.08. The molecule has 0 unspecified atom stereocenters. The van der Waals surface area contributed by atoms with Gasteiger partial charge in [0.1, 0.15) is 40.3 Å². The summed E-state index contributed by atoms with van der Waals surface area (Å²) in [5.74, 6) is 3.97. The maximum Gasteiger partial charge on any atom is 0.265 e. The van der Waals surface area contributed by atoms with Crippen LogP contribution < -0.4 is 18.9 Å². The van der Waals surface area contributed by atoms with Gasteiger partial charge >= 0.3 is 0 Å². The van der Waals surface area contributed by atoms with E-state index in [0.29, 0.717) is 69.7 Å². The lowest BCUT2D eigenvalue weighted by atomic mass is 9.75. The van der Waals surface area contributed by atoms with Gasteiger partial charge in [-0.15, -0.1) is 11.8 Å². The molecule has 8 aromatic rings. The molecule has 8 aromatic carbocycles. The van der Waals surface area contributed by atoms with Crippen LogP contribution in [0.15, 0.2) is 208 Å². The third kappa shape index (κ3) is 20.1. The van der Waals surface area contributed by atoms with E-state index in [2.05, 4.69) is 79.0 Å². The van der Waals surface area contributed by atoms with Crippen LogP contribution in [-0.4, -0.2) is 86.1 Å². The summed E-state index contributed by atoms with van der Waals surface area (Å²) in [6.45, 7) is 27.6. The van der Waals surface area contributed by atoms with E-state index >= 15 is 0 Å². The van der Waals surface area contributed by atoms with Crippen LogP contribution in [-0.2, 0) is 61.2 Å². The Morgan fingerprint density at radius 1 is 0.515 bits per heavy atom. The topological polar surface area (TPSA) is 223 Å². The molecular weight excluding hydrogens is 1370 g/mol. The Morgan fingerprint density at radius 3 is 1.48 bits per heavy atom. The molecule has 0 aliphatic rings. The molecule has 0 saturated carbocycles. The minimum absolute atomic E-state index is 0.0490. The Hall–Kier alpha value is -7.60. The second kappa shape index (κ2) is 33.3. The van der Waals surface area contributed by atoms with Crippen LogP contribution >= 0.6 is 23.5 Å². The van der Waals surface area contributed by atoms with Crippen LogP contribution in [0.2, 0.25) is 0 Å². The van der Waals surface area contributed by atoms with Gasteiger partial charge in [0.25, 0.3) is 20.2 Å². The maximum absolute atomic E-state index is 14.2. The fourth-order valence-electron chi connectivity index (χ4n) is 11.5. The van der Waals surface area contributed by atoms with Gasteiger partial charge in [-0.25, -0.2) is 16.8 Å². The maximum atomic E-state index is 14.2. The molecule has 0 saturated heterocycles. The first-order chi connectivity index (χ1) is 46.7. The van der Waals surface area contributed by atoms with Crippen molar-refractivity contribution in [1.82, 2.24) is 0 Å². The zero-order chi connectivity index (χ0) is 72.1. The SMILES string of the molecule is C=CC(=CC)OCCCCCCOc1ccc(C(C)(C)c2ccc(Oc3ccc(S(=O)(=O)c4ccc(Oc5c(C)cc(C(C)(C)c6cc(C)c(-c7ccc(S(=O)(=O)c8ccc(OC)cc8)cc7)c(C)c6)cc5C)cc4)cc3)c(CSCCCS(=O)(=O)O)c2)cc1C(=C)SCCS(=O)(=O)O. The number of ether oxygens (including phenoxy) is 5. The summed E-state index contributed by atoms with van der Waals surface area (Å²) in [6, 6.07) is 46.1. The summed E-state index contributed by atoms with van der Waals surface area (Å²) in [5, 5.41) is 0. The second-order valence-electron chi connectivity index (χ2n) is 25.3. The molecule has 0 atom stereocenters. The van der Waals surface area contributed by atoms with E-state index in [1.165, 1.54) is 54.9 Å². The van der Waals surface area contributed by atoms with Gasteiger partial charge in [-0.2, -0.15) is 28.6 Å². The van der Waals surface area contributed by atoms with Crippen molar-refractivity contribution in [2.75, 3.05) is 43.3 Å². The molecule has 0 bridgehead atoms. The van der Waals surface area contributed by atoms with Crippen molar-refractivity contribution < 1.29 is 66.5 Å². The Bertz CT molecular complexity index is 4650. The predicted octanol–water partition coefficient (Wildman–Crippen LogP) is 18.6. The Morgan fingerprint density at radius 2 is 0.980 bits per heavy atom. The normalized spacial score (nSPS) is 12.5. The van der Waals surface area contributed by atoms with Gasteiger partial charge in [-0.05, 0) is 243 Å². The Labute approximate surface area is 594 Å². The quantitative estimate of drug-likeness (QED) is 0.0163. The first-order valence-corrected chi connectivity index (χ1v) is 40.7. The molecule has 0 spiro atoms. The first kappa shape index (κ1) is 77.1. The number of benzene rings is 8. The largest absolute Gasteiger partial charge is 0.497 e. The van der Waals surface area contributed by atoms with Crippen molar-refractivity contribution in [3.8, 4) is 45.6 Å². The summed E-state index contributed by atoms with van der Waals surface area (Å²) >= 11 is 2.68. The van der Waals surface area contributed by atoms with Crippen LogP contribution in [0, 0.1) is 27.7 Å². The second-order valence-corrected chi connectivity index (χ2v) is 34.7. The van der Waals surface area contributed by atoms with Crippen LogP contribution in [0.4, 0.5) is 0 Å². The molecule has 0 heterocycles. The molecule has 8 rings (SSSR count). The fraction of sp³-hybridized carbons (Fsp3) is 0.308. The van der Waals surface area contributed by atoms with Gasteiger partial charge < -0.3 is 23.7 Å². The van der Waals surface area contributed by atoms with E-state index in [0.717, 1.165) is 92.6 Å². The molecule has 0 radical (unpaired) electrons. The van der Waals surface area contributed by atoms with Gasteiger partial charge in [-0.1, -0.05) is 95.5 Å². The molecule has 2 N–H and O–H groups in total. The summed E-state index contributed by atoms with van der Waals surface area (Å²) < 4.78 is 151. The standard InChI is InChI=1S/C78H88O15S6/c1-13-64(14-2)90-40-17-15-16-18-41-91-74-39-23-61(51-72(74)57(7)95-43-45-97(82,83)84)77(8,9)60-22-38-73(59(50-60)52-94-42-19-44-96(79,80)81)92-66-26-34-70(35-27-66)99(87,88)71-36-28-67(29-37-71)93-76-55(5)48-63(49-56(76)6)78(10,11)62-46-53(3)75(54(4)47-62)58-20-30-68(31-21-58)98(85,86)69-32-24-65(89-12)25-33-69/h13-14,20-39,46-51H,1,7,15-19,40-45,52H2,2-6,8-12H3,(H,79,80,81)(H,82,83,84). The number of thioether (sulfide) groups is 2. The molecule has 0 aliphatic carbocycles. The number of methoxy groups -OCH3 is 1. The number of unbranched alkanes of at least 4 members (excludes halogenated alkanes) is 3. The third-order valence-electron chi connectivity index (χ3n) is 17.4. The molecule has 0 fully saturated rings. The van der Waals surface area contributed by atoms with Crippen LogP contribution in [0.3, 0.4) is 0 Å². The Kier molecular flexibility index (Phi) is 25.9. The minimum Gasteiger partial charge on any atom is -0.497 e. The van der Waals surface area contributed by atoms with E-state index in [1.54, 1.807) is 66.7 Å². The molecule has 0 aliphatic heterocycles. The van der Waals surface area contributed by atoms with Gasteiger partial charge in [0.15, 0.2) is 0 Å². The Balaban J connectivity index is 0.950. The van der Waals surface area contributed by atoms with E-state index in [9.17, 15) is 42.8 Å². The smallest absolute Gasteiger partial charge is 0.265 e. The summed E-state index contributed by atoms with van der Waals surface area (Å²) in [7, 11) is -14.6. The lowest BCUT2D eigenvalue weighted by molar-refractivity contribution is 0.214. The van der Waals surface area contributed by atoms with Crippen LogP contribution in [0.25, 0.3) is 16.0 Å². The zero-order valence-corrected chi connectivity index (χ0v) is 62.6. The van der Waals surface area contributed by atoms with Gasteiger partial charge in [0.2, 0.25) is 19.7 Å². The summed E-state index contributed by atoms with van der Waals surface area (Å²) in [5.41, 5.74) is 10.2. The van der Waals surface area contributed by atoms with Gasteiger partial charge in [0.05, 0.1) is 51.4 Å². The average Bonchev–Trinajstić information content (AvgIpc) is 0.785. The van der Waals surface area contributed by atoms with Crippen molar-refractivity contribution in [2.24, 2.45) is 0 Å². The highest BCUT2D eigenvalue weighted by Crippen LogP contribution is 2.44. The summed E-state index contributed by atoms with van der Waals surface area (Å²) in [6.07, 6.45) is 7.32. The van der Waals surface area contributed by atoms with Crippen molar-refractivity contribution >= 4 is 68.3 Å². The number of hydrogen-bond acceptors (Lipinski definition) is 15.